The smallest absolute Gasteiger partial charge is 0.251 e. The quantitative estimate of drug-likeness (QED) is 0.0467. The summed E-state index contributed by atoms with van der Waals surface area (Å²) in [5.41, 5.74) is 1.52. The van der Waals surface area contributed by atoms with Crippen LogP contribution in [0.1, 0.15) is 381 Å². The first kappa shape index (κ1) is 89.0. The Kier molecular flexibility index (Phi) is 57.6. The number of rotatable bonds is 72. The van der Waals surface area contributed by atoms with Gasteiger partial charge in [0.1, 0.15) is 0 Å². The summed E-state index contributed by atoms with van der Waals surface area (Å²) in [7, 11) is 0. The van der Waals surface area contributed by atoms with Gasteiger partial charge >= 0.3 is 0 Å². The lowest BCUT2D eigenvalue weighted by atomic mass is 10.1. The lowest BCUT2D eigenvalue weighted by molar-refractivity contribution is 0.0948. The molecule has 3 aromatic rings. The molecule has 0 aromatic heterocycles. The standard InChI is InChI=1S/C87H150N4O9/c1-7-13-19-25-31-37-43-49-67-95-79-58-55-76(73-82(79)98-70-52-46-40-34-28-22-16-10-4)85(92)88-61-64-91(65-62-89-86(93)77-56-59-80(96-68-50-44-38-32-26-20-14-8-2)83(74-77)99-71-53-47-41-35-29-23-17-11-5)66-63-90-87(94)78-57-60-81(97-69-51-45-39-33-27-21-15-9-3)84(75-78)100-72-54-48-42-36-30-24-18-12-6/h55-60,73-75H,7-54,61-72H2,1-6H3,(H,88,92)(H,89,93)(H,90,94). The molecule has 0 radical (unpaired) electrons. The van der Waals surface area contributed by atoms with E-state index in [0.29, 0.717) is 130 Å². The highest BCUT2D eigenvalue weighted by atomic mass is 16.5. The summed E-state index contributed by atoms with van der Waals surface area (Å²) in [4.78, 5) is 44.4. The predicted octanol–water partition coefficient (Wildman–Crippen LogP) is 23.7. The highest BCUT2D eigenvalue weighted by Crippen LogP contribution is 2.33. The summed E-state index contributed by atoms with van der Waals surface area (Å²) in [5.74, 6) is 3.24. The molecule has 0 atom stereocenters. The number of ether oxygens (including phenoxy) is 6. The van der Waals surface area contributed by atoms with E-state index in [9.17, 15) is 14.4 Å². The average Bonchev–Trinajstić information content (AvgIpc) is 0.870. The molecule has 3 aromatic carbocycles. The first-order valence-electron chi connectivity index (χ1n) is 42.0. The van der Waals surface area contributed by atoms with Crippen molar-refractivity contribution in [2.75, 3.05) is 78.9 Å². The van der Waals surface area contributed by atoms with Crippen LogP contribution in [-0.4, -0.2) is 102 Å². The van der Waals surface area contributed by atoms with E-state index in [0.717, 1.165) is 77.0 Å². The van der Waals surface area contributed by atoms with Crippen LogP contribution in [0.15, 0.2) is 54.6 Å². The fourth-order valence-corrected chi connectivity index (χ4v) is 12.8. The molecular weight excluding hydrogens is 1240 g/mol. The Morgan fingerprint density at radius 3 is 0.600 bits per heavy atom. The van der Waals surface area contributed by atoms with Crippen LogP contribution < -0.4 is 44.4 Å². The highest BCUT2D eigenvalue weighted by Gasteiger charge is 2.18. The maximum absolute atomic E-state index is 14.1. The van der Waals surface area contributed by atoms with E-state index >= 15 is 0 Å². The third-order valence-electron chi connectivity index (χ3n) is 19.3. The Hall–Kier alpha value is -5.17. The third-order valence-corrected chi connectivity index (χ3v) is 19.3. The van der Waals surface area contributed by atoms with Crippen molar-refractivity contribution in [3.05, 3.63) is 71.3 Å². The molecule has 13 nitrogen and oxygen atoms in total. The molecule has 0 aliphatic rings. The predicted molar refractivity (Wildman–Crippen MR) is 421 cm³/mol. The molecule has 0 aliphatic carbocycles. The van der Waals surface area contributed by atoms with Crippen LogP contribution in [0.25, 0.3) is 0 Å². The van der Waals surface area contributed by atoms with E-state index in [1.807, 2.05) is 54.6 Å². The Morgan fingerprint density at radius 1 is 0.240 bits per heavy atom. The minimum Gasteiger partial charge on any atom is -0.490 e. The number of nitrogens with one attached hydrogen (secondary N) is 3. The maximum Gasteiger partial charge on any atom is 0.251 e. The molecule has 3 rings (SSSR count). The van der Waals surface area contributed by atoms with Gasteiger partial charge in [0.25, 0.3) is 17.7 Å². The van der Waals surface area contributed by atoms with Gasteiger partial charge in [-0.2, -0.15) is 0 Å². The van der Waals surface area contributed by atoms with Gasteiger partial charge < -0.3 is 44.4 Å². The summed E-state index contributed by atoms with van der Waals surface area (Å²) in [5, 5.41) is 9.54. The number of hydrogen-bond acceptors (Lipinski definition) is 10. The fourth-order valence-electron chi connectivity index (χ4n) is 12.8. The van der Waals surface area contributed by atoms with E-state index in [-0.39, 0.29) is 17.7 Å². The second-order valence-electron chi connectivity index (χ2n) is 28.5. The summed E-state index contributed by atoms with van der Waals surface area (Å²) in [6.45, 7) is 19.5. The number of nitrogens with zero attached hydrogens (tertiary/aromatic N) is 1. The zero-order chi connectivity index (χ0) is 71.7. The Labute approximate surface area is 612 Å². The van der Waals surface area contributed by atoms with E-state index in [2.05, 4.69) is 62.4 Å². The van der Waals surface area contributed by atoms with Gasteiger partial charge in [-0.05, 0) is 93.1 Å². The Balaban J connectivity index is 1.79. The average molecular weight is 1400 g/mol. The van der Waals surface area contributed by atoms with Gasteiger partial charge in [-0.3, -0.25) is 19.3 Å². The molecule has 100 heavy (non-hydrogen) atoms. The van der Waals surface area contributed by atoms with Gasteiger partial charge in [-0.25, -0.2) is 0 Å². The van der Waals surface area contributed by atoms with Crippen molar-refractivity contribution >= 4 is 17.7 Å². The van der Waals surface area contributed by atoms with Crippen molar-refractivity contribution in [2.24, 2.45) is 0 Å². The molecule has 0 heterocycles. The second kappa shape index (κ2) is 64.7. The van der Waals surface area contributed by atoms with Crippen molar-refractivity contribution in [3.8, 4) is 34.5 Å². The monoisotopic (exact) mass is 1400 g/mol. The van der Waals surface area contributed by atoms with Crippen molar-refractivity contribution in [1.29, 1.82) is 0 Å². The SMILES string of the molecule is CCCCCCCCCCOc1ccc(C(=O)NCCN(CCNC(=O)c2ccc(OCCCCCCCCCC)c(OCCCCCCCCCC)c2)CCNC(=O)c2ccc(OCCCCCCCCCC)c(OCCCCCCCCCC)c2)cc1OCCCCCCCCCC. The lowest BCUT2D eigenvalue weighted by Crippen LogP contribution is -2.43. The van der Waals surface area contributed by atoms with Crippen molar-refractivity contribution in [1.82, 2.24) is 20.9 Å². The second-order valence-corrected chi connectivity index (χ2v) is 28.5. The molecular formula is C87H150N4O9. The molecule has 0 saturated heterocycles. The van der Waals surface area contributed by atoms with E-state index < -0.39 is 0 Å². The fraction of sp³-hybridized carbons (Fsp3) is 0.759. The molecule has 572 valence electrons. The van der Waals surface area contributed by atoms with Crippen LogP contribution in [0.3, 0.4) is 0 Å². The number of unbranched alkanes of at least 4 members (excludes halogenated alkanes) is 42. The van der Waals surface area contributed by atoms with Crippen molar-refractivity contribution in [3.63, 3.8) is 0 Å². The molecule has 3 N–H and O–H groups in total. The van der Waals surface area contributed by atoms with Gasteiger partial charge in [0.2, 0.25) is 0 Å². The summed E-state index contributed by atoms with van der Waals surface area (Å²) < 4.78 is 38.3. The first-order valence-corrected chi connectivity index (χ1v) is 42.0. The zero-order valence-electron chi connectivity index (χ0n) is 65.2. The minimum absolute atomic E-state index is 0.204. The van der Waals surface area contributed by atoms with Crippen molar-refractivity contribution < 1.29 is 42.8 Å². The molecule has 3 amide bonds. The first-order chi connectivity index (χ1) is 49.3. The summed E-state index contributed by atoms with van der Waals surface area (Å²) >= 11 is 0. The topological polar surface area (TPSA) is 146 Å². The van der Waals surface area contributed by atoms with Gasteiger partial charge in [0.15, 0.2) is 34.5 Å². The molecule has 0 unspecified atom stereocenters. The van der Waals surface area contributed by atoms with E-state index in [1.54, 1.807) is 0 Å². The number of carbonyl (C=O) groups is 3. The number of carbonyl (C=O) groups excluding carboxylic acids is 3. The molecule has 0 saturated carbocycles. The van der Waals surface area contributed by atoms with E-state index in [1.165, 1.54) is 231 Å². The van der Waals surface area contributed by atoms with Gasteiger partial charge in [0, 0.05) is 56.0 Å². The highest BCUT2D eigenvalue weighted by molar-refractivity contribution is 5.96. The molecule has 0 fully saturated rings. The molecule has 0 spiro atoms. The number of hydrogen-bond donors (Lipinski definition) is 3. The van der Waals surface area contributed by atoms with Gasteiger partial charge in [-0.1, -0.05) is 311 Å². The van der Waals surface area contributed by atoms with Crippen LogP contribution in [0.4, 0.5) is 0 Å². The zero-order valence-corrected chi connectivity index (χ0v) is 65.2. The molecule has 13 heteroatoms. The van der Waals surface area contributed by atoms with Gasteiger partial charge in [-0.15, -0.1) is 0 Å². The number of amides is 3. The minimum atomic E-state index is -0.204. The molecule has 0 aliphatic heterocycles. The van der Waals surface area contributed by atoms with E-state index in [4.69, 9.17) is 28.4 Å². The summed E-state index contributed by atoms with van der Waals surface area (Å²) in [6.07, 6.45) is 58.3. The summed E-state index contributed by atoms with van der Waals surface area (Å²) in [6, 6.07) is 16.6. The third kappa shape index (κ3) is 46.4. The van der Waals surface area contributed by atoms with Crippen LogP contribution in [0.2, 0.25) is 0 Å². The van der Waals surface area contributed by atoms with Crippen LogP contribution in [0, 0.1) is 0 Å². The van der Waals surface area contributed by atoms with Crippen molar-refractivity contribution in [2.45, 2.75) is 350 Å². The Morgan fingerprint density at radius 2 is 0.410 bits per heavy atom. The van der Waals surface area contributed by atoms with Crippen LogP contribution >= 0.6 is 0 Å². The normalized spacial score (nSPS) is 11.3. The lowest BCUT2D eigenvalue weighted by Gasteiger charge is -2.23. The molecule has 0 bridgehead atoms. The maximum atomic E-state index is 14.1. The Bertz CT molecular complexity index is 2160. The van der Waals surface area contributed by atoms with Crippen LogP contribution in [-0.2, 0) is 0 Å². The largest absolute Gasteiger partial charge is 0.490 e. The van der Waals surface area contributed by atoms with Gasteiger partial charge in [0.05, 0.1) is 39.6 Å². The number of benzene rings is 3. The van der Waals surface area contributed by atoms with Crippen LogP contribution in [0.5, 0.6) is 34.5 Å².